The molecule has 0 aliphatic carbocycles. The zero-order valence-corrected chi connectivity index (χ0v) is 8.09. The summed E-state index contributed by atoms with van der Waals surface area (Å²) in [6.45, 7) is 4.34. The van der Waals surface area contributed by atoms with Gasteiger partial charge < -0.3 is 0 Å². The molecule has 1 rings (SSSR count). The minimum absolute atomic E-state index is 1.08. The van der Waals surface area contributed by atoms with E-state index in [0.717, 1.165) is 6.42 Å². The Hall–Kier alpha value is -0.430. The maximum atomic E-state index is 3.25. The third-order valence-corrected chi connectivity index (χ3v) is 2.77. The van der Waals surface area contributed by atoms with Gasteiger partial charge in [-0.1, -0.05) is 13.0 Å². The highest BCUT2D eigenvalue weighted by Gasteiger charge is 1.99. The van der Waals surface area contributed by atoms with E-state index in [2.05, 4.69) is 32.2 Å². The SMILES string of the molecule is CCc1[c]ccc(SC)c1C. The highest BCUT2D eigenvalue weighted by Crippen LogP contribution is 2.22. The van der Waals surface area contributed by atoms with E-state index in [-0.39, 0.29) is 0 Å². The molecule has 59 valence electrons. The molecule has 0 aromatic heterocycles. The largest absolute Gasteiger partial charge is 0.129 e. The predicted molar refractivity (Wildman–Crippen MR) is 51.2 cm³/mol. The Morgan fingerprint density at radius 3 is 2.82 bits per heavy atom. The maximum absolute atomic E-state index is 3.25. The normalized spacial score (nSPS) is 10.1. The topological polar surface area (TPSA) is 0 Å². The van der Waals surface area contributed by atoms with Crippen LogP contribution in [0.1, 0.15) is 18.1 Å². The monoisotopic (exact) mass is 165 g/mol. The predicted octanol–water partition coefficient (Wildman–Crippen LogP) is 3.08. The first-order valence-electron chi connectivity index (χ1n) is 3.83. The Morgan fingerprint density at radius 2 is 2.27 bits per heavy atom. The fraction of sp³-hybridized carbons (Fsp3) is 0.400. The lowest BCUT2D eigenvalue weighted by Crippen LogP contribution is -1.88. The molecule has 11 heavy (non-hydrogen) atoms. The van der Waals surface area contributed by atoms with E-state index in [1.807, 2.05) is 6.07 Å². The summed E-state index contributed by atoms with van der Waals surface area (Å²) in [6.07, 6.45) is 3.20. The smallest absolute Gasteiger partial charge is 0.0101 e. The number of rotatable bonds is 2. The van der Waals surface area contributed by atoms with Gasteiger partial charge in [-0.2, -0.15) is 0 Å². The second-order valence-electron chi connectivity index (χ2n) is 2.50. The molecule has 0 saturated carbocycles. The van der Waals surface area contributed by atoms with Crippen molar-refractivity contribution in [2.24, 2.45) is 0 Å². The van der Waals surface area contributed by atoms with Crippen LogP contribution in [-0.2, 0) is 6.42 Å². The average molecular weight is 165 g/mol. The minimum atomic E-state index is 1.08. The van der Waals surface area contributed by atoms with Crippen molar-refractivity contribution in [3.05, 3.63) is 29.3 Å². The Labute approximate surface area is 73.0 Å². The Morgan fingerprint density at radius 1 is 1.55 bits per heavy atom. The highest BCUT2D eigenvalue weighted by atomic mass is 32.2. The van der Waals surface area contributed by atoms with Crippen molar-refractivity contribution >= 4 is 11.8 Å². The fourth-order valence-electron chi connectivity index (χ4n) is 1.19. The van der Waals surface area contributed by atoms with Gasteiger partial charge >= 0.3 is 0 Å². The zero-order chi connectivity index (χ0) is 8.27. The van der Waals surface area contributed by atoms with Gasteiger partial charge in [0.2, 0.25) is 0 Å². The van der Waals surface area contributed by atoms with Gasteiger partial charge in [0, 0.05) is 4.90 Å². The van der Waals surface area contributed by atoms with Crippen LogP contribution in [-0.4, -0.2) is 6.26 Å². The molecule has 0 N–H and O–H groups in total. The van der Waals surface area contributed by atoms with Gasteiger partial charge in [0.25, 0.3) is 0 Å². The first-order valence-corrected chi connectivity index (χ1v) is 5.06. The fourth-order valence-corrected chi connectivity index (χ4v) is 1.82. The van der Waals surface area contributed by atoms with Gasteiger partial charge in [-0.15, -0.1) is 11.8 Å². The van der Waals surface area contributed by atoms with Crippen molar-refractivity contribution < 1.29 is 0 Å². The van der Waals surface area contributed by atoms with E-state index in [0.29, 0.717) is 0 Å². The summed E-state index contributed by atoms with van der Waals surface area (Å²) in [5.41, 5.74) is 2.74. The molecular formula is C10H13S. The molecule has 0 spiro atoms. The second kappa shape index (κ2) is 3.82. The first-order chi connectivity index (χ1) is 5.29. The Kier molecular flexibility index (Phi) is 3.01. The number of hydrogen-bond acceptors (Lipinski definition) is 1. The lowest BCUT2D eigenvalue weighted by Gasteiger charge is -2.05. The van der Waals surface area contributed by atoms with Crippen LogP contribution < -0.4 is 0 Å². The van der Waals surface area contributed by atoms with Crippen molar-refractivity contribution in [1.29, 1.82) is 0 Å². The molecule has 0 bridgehead atoms. The molecule has 1 heteroatoms. The van der Waals surface area contributed by atoms with E-state index in [9.17, 15) is 0 Å². The van der Waals surface area contributed by atoms with Crippen molar-refractivity contribution in [3.63, 3.8) is 0 Å². The van der Waals surface area contributed by atoms with Crippen molar-refractivity contribution in [2.75, 3.05) is 6.26 Å². The van der Waals surface area contributed by atoms with E-state index in [4.69, 9.17) is 0 Å². The molecule has 0 amide bonds. The minimum Gasteiger partial charge on any atom is -0.129 e. The molecule has 1 aromatic carbocycles. The number of hydrogen-bond donors (Lipinski definition) is 0. The molecule has 0 fully saturated rings. The van der Waals surface area contributed by atoms with Crippen LogP contribution in [0.2, 0.25) is 0 Å². The summed E-state index contributed by atoms with van der Waals surface area (Å²) < 4.78 is 0. The Bertz CT molecular complexity index is 218. The summed E-state index contributed by atoms with van der Waals surface area (Å²) in [5.74, 6) is 0. The van der Waals surface area contributed by atoms with Gasteiger partial charge in [0.1, 0.15) is 0 Å². The summed E-state index contributed by atoms with van der Waals surface area (Å²) in [4.78, 5) is 1.38. The third kappa shape index (κ3) is 1.78. The summed E-state index contributed by atoms with van der Waals surface area (Å²) in [7, 11) is 0. The molecule has 0 unspecified atom stereocenters. The quantitative estimate of drug-likeness (QED) is 0.607. The standard InChI is InChI=1S/C10H13S/c1-4-9-6-5-7-10(11-3)8(9)2/h5,7H,4H2,1-3H3. The van der Waals surface area contributed by atoms with Crippen molar-refractivity contribution in [2.45, 2.75) is 25.2 Å². The van der Waals surface area contributed by atoms with Gasteiger partial charge in [0.15, 0.2) is 0 Å². The van der Waals surface area contributed by atoms with E-state index in [1.165, 1.54) is 16.0 Å². The Balaban J connectivity index is 3.10. The summed E-state index contributed by atoms with van der Waals surface area (Å²) in [6, 6.07) is 7.38. The summed E-state index contributed by atoms with van der Waals surface area (Å²) >= 11 is 1.80. The van der Waals surface area contributed by atoms with Gasteiger partial charge in [-0.05, 0) is 42.9 Å². The number of benzene rings is 1. The molecule has 0 aliphatic rings. The van der Waals surface area contributed by atoms with Crippen molar-refractivity contribution in [3.8, 4) is 0 Å². The number of aryl methyl sites for hydroxylation is 1. The molecule has 1 radical (unpaired) electrons. The number of thioether (sulfide) groups is 1. The highest BCUT2D eigenvalue weighted by molar-refractivity contribution is 7.98. The molecule has 0 atom stereocenters. The summed E-state index contributed by atoms with van der Waals surface area (Å²) in [5, 5.41) is 0. The van der Waals surface area contributed by atoms with Gasteiger partial charge in [0.05, 0.1) is 0 Å². The zero-order valence-electron chi connectivity index (χ0n) is 7.27. The van der Waals surface area contributed by atoms with Crippen LogP contribution in [0.25, 0.3) is 0 Å². The average Bonchev–Trinajstić information content (AvgIpc) is 2.05. The van der Waals surface area contributed by atoms with E-state index < -0.39 is 0 Å². The molecule has 1 aromatic rings. The molecule has 0 saturated heterocycles. The van der Waals surface area contributed by atoms with E-state index in [1.54, 1.807) is 11.8 Å². The van der Waals surface area contributed by atoms with Gasteiger partial charge in [-0.25, -0.2) is 0 Å². The van der Waals surface area contributed by atoms with Crippen LogP contribution in [0.5, 0.6) is 0 Å². The molecule has 0 heterocycles. The van der Waals surface area contributed by atoms with Crippen LogP contribution in [0, 0.1) is 13.0 Å². The maximum Gasteiger partial charge on any atom is 0.0101 e. The third-order valence-electron chi connectivity index (χ3n) is 1.89. The van der Waals surface area contributed by atoms with Crippen LogP contribution in [0.3, 0.4) is 0 Å². The van der Waals surface area contributed by atoms with Crippen molar-refractivity contribution in [1.82, 2.24) is 0 Å². The molecule has 0 nitrogen and oxygen atoms in total. The van der Waals surface area contributed by atoms with Crippen LogP contribution in [0.4, 0.5) is 0 Å². The molecular weight excluding hydrogens is 152 g/mol. The lowest BCUT2D eigenvalue weighted by atomic mass is 10.1. The molecule has 0 aliphatic heterocycles. The lowest BCUT2D eigenvalue weighted by molar-refractivity contribution is 1.08. The second-order valence-corrected chi connectivity index (χ2v) is 3.35. The first kappa shape index (κ1) is 8.66. The van der Waals surface area contributed by atoms with Crippen LogP contribution in [0.15, 0.2) is 17.0 Å². The van der Waals surface area contributed by atoms with E-state index >= 15 is 0 Å². The van der Waals surface area contributed by atoms with Crippen LogP contribution >= 0.6 is 11.8 Å². The van der Waals surface area contributed by atoms with Gasteiger partial charge in [-0.3, -0.25) is 0 Å².